The number of likely N-dealkylation sites (N-methyl/N-ethyl adjacent to an activating group) is 1. The molecule has 8 nitrogen and oxygen atoms in total. The Morgan fingerprint density at radius 3 is 2.88 bits per heavy atom. The Bertz CT molecular complexity index is 1760. The van der Waals surface area contributed by atoms with Crippen LogP contribution in [0.2, 0.25) is 0 Å². The summed E-state index contributed by atoms with van der Waals surface area (Å²) in [4.78, 5) is 18.1. The SMILES string of the molecule is C#Cc1c(F)ccc2cc(N)cc(-c3ncc4c(N5CCOC[C@@H]6[C@@H](Cl)[C@@H]65)nc(OC[C@@H]5CCCN5C)nc4c3F)c12. The van der Waals surface area contributed by atoms with Crippen LogP contribution < -0.4 is 15.4 Å². The van der Waals surface area contributed by atoms with E-state index >= 15 is 4.39 Å². The first-order valence-electron chi connectivity index (χ1n) is 14.0. The molecule has 0 spiro atoms. The van der Waals surface area contributed by atoms with Gasteiger partial charge in [0.15, 0.2) is 5.82 Å². The molecule has 42 heavy (non-hydrogen) atoms. The van der Waals surface area contributed by atoms with Gasteiger partial charge in [0.2, 0.25) is 0 Å². The number of nitrogens with two attached hydrogens (primary N) is 1. The van der Waals surface area contributed by atoms with Crippen molar-refractivity contribution in [1.29, 1.82) is 0 Å². The minimum atomic E-state index is -0.709. The third-order valence-electron chi connectivity index (χ3n) is 8.66. The molecule has 3 aliphatic rings. The number of halogens is 3. The number of aromatic nitrogens is 3. The van der Waals surface area contributed by atoms with Gasteiger partial charge in [-0.2, -0.15) is 9.97 Å². The molecular weight excluding hydrogens is 562 g/mol. The number of nitrogens with zero attached hydrogens (tertiary/aromatic N) is 5. The summed E-state index contributed by atoms with van der Waals surface area (Å²) in [5, 5.41) is 1.23. The molecule has 0 unspecified atom stereocenters. The standard InChI is InChI=1S/C31H29ClF2N6O2/c1-3-19-23(33)7-6-16-11-17(35)12-20(24(16)19)27-26(34)28-21(13-36-27)30(40-9-10-41-15-22-25(32)29(22)40)38-31(37-28)42-14-18-5-4-8-39(18)2/h1,6-7,11-13,18,22,25,29H,4-5,8-10,14-15,35H2,2H3/t18-,22+,25+,29+/m0/s1. The van der Waals surface area contributed by atoms with E-state index in [0.29, 0.717) is 54.0 Å². The van der Waals surface area contributed by atoms with Crippen LogP contribution in [-0.4, -0.2) is 77.3 Å². The smallest absolute Gasteiger partial charge is 0.319 e. The summed E-state index contributed by atoms with van der Waals surface area (Å²) in [6.45, 7) is 2.93. The highest BCUT2D eigenvalue weighted by molar-refractivity contribution is 6.24. The second kappa shape index (κ2) is 10.5. The molecule has 4 atom stereocenters. The van der Waals surface area contributed by atoms with Crippen LogP contribution in [0, 0.1) is 29.9 Å². The lowest BCUT2D eigenvalue weighted by Gasteiger charge is -2.25. The van der Waals surface area contributed by atoms with Gasteiger partial charge in [0.1, 0.15) is 29.5 Å². The largest absolute Gasteiger partial charge is 0.462 e. The van der Waals surface area contributed by atoms with Crippen molar-refractivity contribution in [3.63, 3.8) is 0 Å². The molecule has 2 aromatic heterocycles. The molecule has 0 radical (unpaired) electrons. The summed E-state index contributed by atoms with van der Waals surface area (Å²) >= 11 is 6.63. The van der Waals surface area contributed by atoms with Crippen molar-refractivity contribution in [1.82, 2.24) is 19.9 Å². The molecule has 2 saturated heterocycles. The average Bonchev–Trinajstić information content (AvgIpc) is 3.52. The zero-order valence-corrected chi connectivity index (χ0v) is 23.7. The molecule has 2 N–H and O–H groups in total. The minimum absolute atomic E-state index is 0.00868. The van der Waals surface area contributed by atoms with Crippen molar-refractivity contribution < 1.29 is 18.3 Å². The molecule has 3 fully saturated rings. The first kappa shape index (κ1) is 27.1. The van der Waals surface area contributed by atoms with Crippen molar-refractivity contribution in [2.75, 3.05) is 50.6 Å². The molecular formula is C31H29ClF2N6O2. The number of anilines is 2. The second-order valence-electron chi connectivity index (χ2n) is 11.2. The fourth-order valence-corrected chi connectivity index (χ4v) is 6.79. The number of hydrogen-bond acceptors (Lipinski definition) is 8. The summed E-state index contributed by atoms with van der Waals surface area (Å²) in [5.41, 5.74) is 6.81. The van der Waals surface area contributed by atoms with Crippen LogP contribution >= 0.6 is 11.6 Å². The molecule has 1 aliphatic carbocycles. The first-order valence-corrected chi connectivity index (χ1v) is 14.5. The summed E-state index contributed by atoms with van der Waals surface area (Å²) < 4.78 is 43.3. The lowest BCUT2D eigenvalue weighted by molar-refractivity contribution is 0.139. The number of rotatable bonds is 5. The van der Waals surface area contributed by atoms with Gasteiger partial charge in [-0.3, -0.25) is 4.98 Å². The number of hydrogen-bond donors (Lipinski definition) is 1. The van der Waals surface area contributed by atoms with Gasteiger partial charge in [0.05, 0.1) is 35.6 Å². The number of terminal acetylenes is 1. The molecule has 0 amide bonds. The zero-order chi connectivity index (χ0) is 29.1. The minimum Gasteiger partial charge on any atom is -0.462 e. The highest BCUT2D eigenvalue weighted by atomic mass is 35.5. The van der Waals surface area contributed by atoms with E-state index in [0.717, 1.165) is 19.4 Å². The van der Waals surface area contributed by atoms with Gasteiger partial charge < -0.3 is 25.0 Å². The zero-order valence-electron chi connectivity index (χ0n) is 23.0. The summed E-state index contributed by atoms with van der Waals surface area (Å²) in [5.74, 6) is 1.74. The Hall–Kier alpha value is -3.78. The summed E-state index contributed by atoms with van der Waals surface area (Å²) in [6.07, 6.45) is 9.30. The van der Waals surface area contributed by atoms with E-state index in [2.05, 4.69) is 32.7 Å². The number of likely N-dealkylation sites (tertiary alicyclic amines) is 1. The quantitative estimate of drug-likeness (QED) is 0.205. The van der Waals surface area contributed by atoms with E-state index in [-0.39, 0.29) is 51.7 Å². The van der Waals surface area contributed by atoms with Gasteiger partial charge in [0, 0.05) is 41.3 Å². The third-order valence-corrected chi connectivity index (χ3v) is 9.24. The maximum absolute atomic E-state index is 16.7. The number of ether oxygens (including phenoxy) is 2. The van der Waals surface area contributed by atoms with Crippen LogP contribution in [0.4, 0.5) is 20.3 Å². The number of nitrogen functional groups attached to an aromatic ring is 1. The molecule has 7 rings (SSSR count). The highest BCUT2D eigenvalue weighted by Gasteiger charge is 2.54. The van der Waals surface area contributed by atoms with Crippen LogP contribution in [0.5, 0.6) is 6.01 Å². The van der Waals surface area contributed by atoms with Crippen molar-refractivity contribution in [2.45, 2.75) is 30.3 Å². The van der Waals surface area contributed by atoms with E-state index < -0.39 is 11.6 Å². The predicted octanol–water partition coefficient (Wildman–Crippen LogP) is 4.60. The molecule has 2 aliphatic heterocycles. The Morgan fingerprint density at radius 2 is 2.10 bits per heavy atom. The van der Waals surface area contributed by atoms with Crippen molar-refractivity contribution in [3.8, 4) is 29.6 Å². The number of alkyl halides is 1. The molecule has 0 bridgehead atoms. The van der Waals surface area contributed by atoms with Gasteiger partial charge in [0.25, 0.3) is 0 Å². The van der Waals surface area contributed by atoms with Gasteiger partial charge >= 0.3 is 6.01 Å². The van der Waals surface area contributed by atoms with Crippen LogP contribution in [0.3, 0.4) is 0 Å². The normalized spacial score (nSPS) is 24.0. The monoisotopic (exact) mass is 590 g/mol. The summed E-state index contributed by atoms with van der Waals surface area (Å²) in [6, 6.07) is 6.32. The first-order chi connectivity index (χ1) is 20.4. The molecule has 216 valence electrons. The van der Waals surface area contributed by atoms with Gasteiger partial charge in [-0.15, -0.1) is 18.0 Å². The Kier molecular flexibility index (Phi) is 6.76. The second-order valence-corrected chi connectivity index (χ2v) is 11.7. The van der Waals surface area contributed by atoms with Crippen molar-refractivity contribution in [2.24, 2.45) is 5.92 Å². The fourth-order valence-electron chi connectivity index (χ4n) is 6.33. The number of benzene rings is 2. The van der Waals surface area contributed by atoms with Gasteiger partial charge in [-0.1, -0.05) is 12.0 Å². The van der Waals surface area contributed by atoms with Crippen molar-refractivity contribution in [3.05, 3.63) is 47.7 Å². The Morgan fingerprint density at radius 1 is 1.24 bits per heavy atom. The van der Waals surface area contributed by atoms with E-state index in [1.54, 1.807) is 18.2 Å². The van der Waals surface area contributed by atoms with E-state index in [1.165, 1.54) is 12.3 Å². The number of pyridine rings is 1. The third kappa shape index (κ3) is 4.47. The van der Waals surface area contributed by atoms with Crippen LogP contribution in [0.1, 0.15) is 18.4 Å². The molecule has 11 heteroatoms. The van der Waals surface area contributed by atoms with Crippen LogP contribution in [0.15, 0.2) is 30.5 Å². The van der Waals surface area contributed by atoms with E-state index in [9.17, 15) is 4.39 Å². The molecule has 1 saturated carbocycles. The predicted molar refractivity (Wildman–Crippen MR) is 159 cm³/mol. The topological polar surface area (TPSA) is 89.6 Å². The Balaban J connectivity index is 1.41. The van der Waals surface area contributed by atoms with Gasteiger partial charge in [-0.05, 0) is 50.0 Å². The average molecular weight is 591 g/mol. The van der Waals surface area contributed by atoms with Crippen molar-refractivity contribution >= 4 is 44.8 Å². The lowest BCUT2D eigenvalue weighted by Crippen LogP contribution is -2.32. The van der Waals surface area contributed by atoms with Crippen LogP contribution in [-0.2, 0) is 4.74 Å². The molecule has 4 aromatic rings. The van der Waals surface area contributed by atoms with Crippen LogP contribution in [0.25, 0.3) is 32.9 Å². The highest BCUT2D eigenvalue weighted by Crippen LogP contribution is 2.46. The maximum atomic E-state index is 16.7. The van der Waals surface area contributed by atoms with E-state index in [1.807, 2.05) is 0 Å². The van der Waals surface area contributed by atoms with E-state index in [4.69, 9.17) is 38.2 Å². The lowest BCUT2D eigenvalue weighted by atomic mass is 9.95. The fraction of sp³-hybridized carbons (Fsp3) is 0.387. The Labute approximate surface area is 246 Å². The maximum Gasteiger partial charge on any atom is 0.319 e. The number of fused-ring (bicyclic) bond motifs is 3. The molecule has 4 heterocycles. The van der Waals surface area contributed by atoms with Gasteiger partial charge in [-0.25, -0.2) is 8.78 Å². The summed E-state index contributed by atoms with van der Waals surface area (Å²) in [7, 11) is 2.06. The molecule has 2 aromatic carbocycles.